The topological polar surface area (TPSA) is 63.6 Å². The molecule has 4 nitrogen and oxygen atoms in total. The predicted octanol–water partition coefficient (Wildman–Crippen LogP) is 8.24. The van der Waals surface area contributed by atoms with Crippen LogP contribution in [0.15, 0.2) is 99.0 Å². The summed E-state index contributed by atoms with van der Waals surface area (Å²) in [7, 11) is -7.66. The molecule has 0 spiro atoms. The first kappa shape index (κ1) is 28.9. The molecule has 0 aliphatic rings. The fraction of sp³-hybridized carbons (Fsp3) is 0.355. The highest BCUT2D eigenvalue weighted by Gasteiger charge is 2.30. The largest absolute Gasteiger partial charge is 0.290 e. The average Bonchev–Trinajstić information content (AvgIpc) is 2.87. The third kappa shape index (κ3) is 6.60. The predicted molar refractivity (Wildman–Crippen MR) is 155 cm³/mol. The van der Waals surface area contributed by atoms with Crippen LogP contribution in [0, 0.1) is 0 Å². The summed E-state index contributed by atoms with van der Waals surface area (Å²) in [4.78, 5) is 0.595. The third-order valence-corrected chi connectivity index (χ3v) is 11.1. The lowest BCUT2D eigenvalue weighted by Gasteiger charge is -2.22. The molecule has 0 fully saturated rings. The molecular weight excluding hydrogens is 498 g/mol. The molecule has 3 aromatic carbocycles. The van der Waals surface area contributed by atoms with Crippen LogP contribution < -0.4 is 0 Å². The minimum Gasteiger partial charge on any atom is -0.244 e. The Labute approximate surface area is 224 Å². The fourth-order valence-corrected chi connectivity index (χ4v) is 9.36. The Hall–Kier alpha value is -2.70. The number of allylic oxidation sites excluding steroid dienone is 1. The van der Waals surface area contributed by atoms with E-state index in [1.165, 1.54) is 0 Å². The number of hydrogen-bond acceptors (Lipinski definition) is 3. The van der Waals surface area contributed by atoms with Crippen molar-refractivity contribution in [3.05, 3.63) is 108 Å². The van der Waals surface area contributed by atoms with Gasteiger partial charge in [0.2, 0.25) is 0 Å². The van der Waals surface area contributed by atoms with Crippen molar-refractivity contribution < 1.29 is 12.6 Å². The van der Waals surface area contributed by atoms with Gasteiger partial charge >= 0.3 is 0 Å². The van der Waals surface area contributed by atoms with Crippen molar-refractivity contribution in [2.45, 2.75) is 75.0 Å². The molecule has 3 rings (SSSR count). The van der Waals surface area contributed by atoms with Crippen LogP contribution in [0.5, 0.6) is 0 Å². The van der Waals surface area contributed by atoms with E-state index in [-0.39, 0.29) is 34.3 Å². The van der Waals surface area contributed by atoms with Crippen LogP contribution in [0.3, 0.4) is 0 Å². The first-order chi connectivity index (χ1) is 17.4. The highest BCUT2D eigenvalue weighted by molar-refractivity contribution is 8.03. The quantitative estimate of drug-likeness (QED) is 0.245. The van der Waals surface area contributed by atoms with Crippen molar-refractivity contribution in [1.29, 1.82) is 0 Å². The maximum absolute atomic E-state index is 14.7. The van der Waals surface area contributed by atoms with E-state index in [4.69, 9.17) is 0 Å². The summed E-state index contributed by atoms with van der Waals surface area (Å²) in [5.41, 5.74) is 3.44. The number of hydrogen-bond donors (Lipinski definition) is 0. The molecule has 0 saturated carbocycles. The summed E-state index contributed by atoms with van der Waals surface area (Å²) in [6.45, 7) is 16.1. The van der Waals surface area contributed by atoms with Gasteiger partial charge in [-0.1, -0.05) is 108 Å². The smallest absolute Gasteiger partial charge is 0.244 e. The molecule has 6 heteroatoms. The number of benzene rings is 3. The highest BCUT2D eigenvalue weighted by atomic mass is 32.3. The first-order valence-electron chi connectivity index (χ1n) is 12.8. The summed E-state index contributed by atoms with van der Waals surface area (Å²) >= 11 is 0. The van der Waals surface area contributed by atoms with Crippen LogP contribution in [0.2, 0.25) is 0 Å². The van der Waals surface area contributed by atoms with E-state index < -0.39 is 19.8 Å². The summed E-state index contributed by atoms with van der Waals surface area (Å²) in [5.74, 6) is -0.160. The molecule has 0 saturated heterocycles. The molecule has 0 N–H and O–H groups in total. The van der Waals surface area contributed by atoms with Crippen LogP contribution in [0.4, 0.5) is 0 Å². The standard InChI is InChI=1S/C31H39NO3S2/c1-8-25(26-15-11-9-12-16-26)21-36(33,28-17-13-10-14-18-28)32-37(34,35)31-29(23(4)5)19-27(22(2)3)20-30(31)24(6)7/h8-20,22-25H,1,21H2,2-7H3/t25-,36+/m1/s1. The zero-order chi connectivity index (χ0) is 27.4. The van der Waals surface area contributed by atoms with Gasteiger partial charge < -0.3 is 0 Å². The minimum atomic E-state index is -4.28. The van der Waals surface area contributed by atoms with E-state index in [9.17, 15) is 12.6 Å². The van der Waals surface area contributed by atoms with Crippen LogP contribution in [-0.2, 0) is 19.8 Å². The van der Waals surface area contributed by atoms with Crippen molar-refractivity contribution >= 4 is 19.8 Å². The molecule has 2 atom stereocenters. The molecule has 198 valence electrons. The minimum absolute atomic E-state index is 0.0157. The molecule has 0 radical (unpaired) electrons. The van der Waals surface area contributed by atoms with E-state index in [2.05, 4.69) is 24.2 Å². The summed E-state index contributed by atoms with van der Waals surface area (Å²) < 4.78 is 47.3. The van der Waals surface area contributed by atoms with Gasteiger partial charge in [0.15, 0.2) is 0 Å². The Kier molecular flexibility index (Phi) is 9.19. The molecule has 37 heavy (non-hydrogen) atoms. The SMILES string of the molecule is C=C[C@H](C[S@@](=O)(=NS(=O)(=O)c1c(C(C)C)cc(C(C)C)cc1C(C)C)c1ccccc1)c1ccccc1. The van der Waals surface area contributed by atoms with Crippen LogP contribution >= 0.6 is 0 Å². The Bertz CT molecular complexity index is 1420. The van der Waals surface area contributed by atoms with E-state index in [0.717, 1.165) is 22.3 Å². The van der Waals surface area contributed by atoms with E-state index in [0.29, 0.717) is 4.90 Å². The molecule has 0 unspecified atom stereocenters. The fourth-order valence-electron chi connectivity index (χ4n) is 4.43. The number of nitrogens with zero attached hydrogens (tertiary/aromatic N) is 1. The maximum atomic E-state index is 14.7. The monoisotopic (exact) mass is 537 g/mol. The highest BCUT2D eigenvalue weighted by Crippen LogP contribution is 2.37. The van der Waals surface area contributed by atoms with E-state index >= 15 is 0 Å². The Morgan fingerprint density at radius 3 is 1.65 bits per heavy atom. The summed E-state index contributed by atoms with van der Waals surface area (Å²) in [5, 5.41) is 0. The van der Waals surface area contributed by atoms with Crippen molar-refractivity contribution in [2.75, 3.05) is 5.75 Å². The zero-order valence-electron chi connectivity index (χ0n) is 22.7. The van der Waals surface area contributed by atoms with Crippen LogP contribution in [0.1, 0.15) is 87.5 Å². The molecule has 0 amide bonds. The van der Waals surface area contributed by atoms with Gasteiger partial charge in [-0.2, -0.15) is 8.42 Å². The van der Waals surface area contributed by atoms with Crippen molar-refractivity contribution in [3.8, 4) is 0 Å². The third-order valence-electron chi connectivity index (χ3n) is 6.59. The van der Waals surface area contributed by atoms with Gasteiger partial charge in [0, 0.05) is 16.6 Å². The van der Waals surface area contributed by atoms with E-state index in [1.807, 2.05) is 76.2 Å². The summed E-state index contributed by atoms with van der Waals surface area (Å²) in [6.07, 6.45) is 1.72. The van der Waals surface area contributed by atoms with Crippen LogP contribution in [0.25, 0.3) is 0 Å². The Morgan fingerprint density at radius 2 is 1.22 bits per heavy atom. The Balaban J connectivity index is 2.33. The molecule has 0 aliphatic heterocycles. The normalized spacial score (nSPS) is 14.5. The second-order valence-corrected chi connectivity index (χ2v) is 14.5. The van der Waals surface area contributed by atoms with Gasteiger partial charge in [-0.15, -0.1) is 10.3 Å². The number of rotatable bonds is 10. The van der Waals surface area contributed by atoms with E-state index in [1.54, 1.807) is 30.3 Å². The van der Waals surface area contributed by atoms with Crippen molar-refractivity contribution in [2.24, 2.45) is 3.77 Å². The Morgan fingerprint density at radius 1 is 0.730 bits per heavy atom. The molecule has 0 bridgehead atoms. The van der Waals surface area contributed by atoms with Gasteiger partial charge in [0.1, 0.15) is 0 Å². The molecule has 0 aliphatic carbocycles. The molecular formula is C31H39NO3S2. The maximum Gasteiger partial charge on any atom is 0.290 e. The second kappa shape index (κ2) is 11.8. The van der Waals surface area contributed by atoms with Gasteiger partial charge in [-0.05, 0) is 52.1 Å². The molecule has 0 heterocycles. The average molecular weight is 538 g/mol. The zero-order valence-corrected chi connectivity index (χ0v) is 24.4. The number of sulfonamides is 1. The van der Waals surface area contributed by atoms with Gasteiger partial charge in [-0.3, -0.25) is 0 Å². The van der Waals surface area contributed by atoms with Gasteiger partial charge in [0.25, 0.3) is 10.0 Å². The van der Waals surface area contributed by atoms with Gasteiger partial charge in [0.05, 0.1) is 14.6 Å². The van der Waals surface area contributed by atoms with Gasteiger partial charge in [-0.25, -0.2) is 4.21 Å². The lowest BCUT2D eigenvalue weighted by Crippen LogP contribution is -2.18. The van der Waals surface area contributed by atoms with Crippen molar-refractivity contribution in [3.63, 3.8) is 0 Å². The molecule has 0 aromatic heterocycles. The first-order valence-corrected chi connectivity index (χ1v) is 15.9. The lowest BCUT2D eigenvalue weighted by atomic mass is 9.89. The molecule has 3 aromatic rings. The van der Waals surface area contributed by atoms with Crippen molar-refractivity contribution in [1.82, 2.24) is 0 Å². The van der Waals surface area contributed by atoms with Crippen LogP contribution in [-0.4, -0.2) is 18.4 Å². The second-order valence-electron chi connectivity index (χ2n) is 10.4. The summed E-state index contributed by atoms with van der Waals surface area (Å²) in [6, 6.07) is 22.3. The lowest BCUT2D eigenvalue weighted by molar-refractivity contribution is 0.592.